The standard InChI is InChI=1S/C23H22N4O2S/c1-13(20(29)14-7-9-16(28)10-8-14)25-22-19-17-5-2-6-18(17)30-23(19)27-21(26-22)15-4-3-11-24-12-15/h3-4,7-13,20,28-29H,2,5-6H2,1H3,(H,25,26,27)/t13-,20-/m1/s1. The average Bonchev–Trinajstić information content (AvgIpc) is 3.35. The number of aromatic nitrogens is 3. The minimum atomic E-state index is -0.746. The van der Waals surface area contributed by atoms with Gasteiger partial charge in [-0.3, -0.25) is 4.98 Å². The summed E-state index contributed by atoms with van der Waals surface area (Å²) < 4.78 is 0. The number of pyridine rings is 1. The summed E-state index contributed by atoms with van der Waals surface area (Å²) in [7, 11) is 0. The molecule has 0 aliphatic heterocycles. The van der Waals surface area contributed by atoms with E-state index in [2.05, 4.69) is 10.3 Å². The molecule has 5 rings (SSSR count). The Hall–Kier alpha value is -3.03. The fraction of sp³-hybridized carbons (Fsp3) is 0.261. The summed E-state index contributed by atoms with van der Waals surface area (Å²) in [5.74, 6) is 1.56. The fourth-order valence-corrected chi connectivity index (χ4v) is 5.24. The van der Waals surface area contributed by atoms with Crippen molar-refractivity contribution < 1.29 is 10.2 Å². The number of nitrogens with zero attached hydrogens (tertiary/aromatic N) is 3. The number of thiophene rings is 1. The largest absolute Gasteiger partial charge is 0.508 e. The van der Waals surface area contributed by atoms with E-state index in [0.29, 0.717) is 5.82 Å². The lowest BCUT2D eigenvalue weighted by Gasteiger charge is -2.22. The molecular formula is C23H22N4O2S. The Morgan fingerprint density at radius 3 is 2.70 bits per heavy atom. The number of aliphatic hydroxyl groups excluding tert-OH is 1. The van der Waals surface area contributed by atoms with Crippen molar-refractivity contribution in [3.05, 3.63) is 64.8 Å². The second kappa shape index (κ2) is 7.66. The van der Waals surface area contributed by atoms with E-state index in [4.69, 9.17) is 9.97 Å². The molecule has 152 valence electrons. The molecule has 0 amide bonds. The second-order valence-electron chi connectivity index (χ2n) is 7.64. The first kappa shape index (κ1) is 19.0. The zero-order valence-electron chi connectivity index (χ0n) is 16.5. The van der Waals surface area contributed by atoms with Crippen LogP contribution in [0.15, 0.2) is 48.8 Å². The lowest BCUT2D eigenvalue weighted by atomic mass is 10.0. The predicted octanol–water partition coefficient (Wildman–Crippen LogP) is 4.48. The molecule has 0 unspecified atom stereocenters. The summed E-state index contributed by atoms with van der Waals surface area (Å²) in [4.78, 5) is 16.2. The van der Waals surface area contributed by atoms with Crippen LogP contribution in [0.4, 0.5) is 5.82 Å². The smallest absolute Gasteiger partial charge is 0.164 e. The van der Waals surface area contributed by atoms with Crippen LogP contribution in [0, 0.1) is 0 Å². The number of phenolic OH excluding ortho intramolecular Hbond substituents is 1. The third-order valence-corrected chi connectivity index (χ3v) is 6.74. The monoisotopic (exact) mass is 418 g/mol. The van der Waals surface area contributed by atoms with Gasteiger partial charge in [-0.2, -0.15) is 0 Å². The fourth-order valence-electron chi connectivity index (χ4n) is 3.98. The molecule has 30 heavy (non-hydrogen) atoms. The van der Waals surface area contributed by atoms with Gasteiger partial charge < -0.3 is 15.5 Å². The van der Waals surface area contributed by atoms with Crippen molar-refractivity contribution in [1.82, 2.24) is 15.0 Å². The first-order chi connectivity index (χ1) is 14.6. The van der Waals surface area contributed by atoms with E-state index in [1.54, 1.807) is 48.0 Å². The molecule has 0 radical (unpaired) electrons. The van der Waals surface area contributed by atoms with Crippen LogP contribution in [0.5, 0.6) is 5.75 Å². The SMILES string of the molecule is C[C@@H](Nc1nc(-c2cccnc2)nc2sc3c(c12)CCC3)[C@@H](O)c1ccc(O)cc1. The minimum Gasteiger partial charge on any atom is -0.508 e. The number of aromatic hydroxyl groups is 1. The number of rotatable bonds is 5. The zero-order valence-corrected chi connectivity index (χ0v) is 17.4. The topological polar surface area (TPSA) is 91.2 Å². The molecule has 2 atom stereocenters. The molecule has 3 N–H and O–H groups in total. The highest BCUT2D eigenvalue weighted by Gasteiger charge is 2.25. The van der Waals surface area contributed by atoms with Gasteiger partial charge in [0.15, 0.2) is 5.82 Å². The van der Waals surface area contributed by atoms with Crippen molar-refractivity contribution in [3.63, 3.8) is 0 Å². The third-order valence-electron chi connectivity index (χ3n) is 5.56. The van der Waals surface area contributed by atoms with E-state index in [9.17, 15) is 10.2 Å². The van der Waals surface area contributed by atoms with E-state index in [1.807, 2.05) is 19.1 Å². The van der Waals surface area contributed by atoms with Gasteiger partial charge in [-0.25, -0.2) is 9.97 Å². The van der Waals surface area contributed by atoms with Crippen LogP contribution in [0.1, 0.15) is 35.5 Å². The molecule has 7 heteroatoms. The zero-order chi connectivity index (χ0) is 20.7. The normalized spacial score (nSPS) is 15.1. The minimum absolute atomic E-state index is 0.180. The van der Waals surface area contributed by atoms with Crippen LogP contribution in [-0.4, -0.2) is 31.2 Å². The molecule has 0 fully saturated rings. The number of hydrogen-bond donors (Lipinski definition) is 3. The van der Waals surface area contributed by atoms with Crippen molar-refractivity contribution in [2.45, 2.75) is 38.3 Å². The average molecular weight is 419 g/mol. The van der Waals surface area contributed by atoms with Gasteiger partial charge in [0.25, 0.3) is 0 Å². The number of hydrogen-bond acceptors (Lipinski definition) is 7. The maximum atomic E-state index is 10.8. The molecule has 6 nitrogen and oxygen atoms in total. The maximum Gasteiger partial charge on any atom is 0.164 e. The second-order valence-corrected chi connectivity index (χ2v) is 8.73. The van der Waals surface area contributed by atoms with Crippen LogP contribution in [-0.2, 0) is 12.8 Å². The predicted molar refractivity (Wildman–Crippen MR) is 119 cm³/mol. The van der Waals surface area contributed by atoms with Gasteiger partial charge in [0.1, 0.15) is 16.4 Å². The molecule has 4 aromatic rings. The number of anilines is 1. The van der Waals surface area contributed by atoms with Gasteiger partial charge in [-0.1, -0.05) is 12.1 Å². The van der Waals surface area contributed by atoms with Crippen molar-refractivity contribution in [2.24, 2.45) is 0 Å². The Kier molecular flexibility index (Phi) is 4.84. The molecular weight excluding hydrogens is 396 g/mol. The van der Waals surface area contributed by atoms with Crippen LogP contribution >= 0.6 is 11.3 Å². The molecule has 0 saturated carbocycles. The maximum absolute atomic E-state index is 10.8. The Balaban J connectivity index is 1.55. The summed E-state index contributed by atoms with van der Waals surface area (Å²) in [6.07, 6.45) is 6.03. The van der Waals surface area contributed by atoms with E-state index >= 15 is 0 Å². The molecule has 3 aromatic heterocycles. The van der Waals surface area contributed by atoms with Gasteiger partial charge in [0, 0.05) is 22.8 Å². The number of fused-ring (bicyclic) bond motifs is 3. The highest BCUT2D eigenvalue weighted by Crippen LogP contribution is 2.41. The van der Waals surface area contributed by atoms with Gasteiger partial charge in [0.05, 0.1) is 17.5 Å². The molecule has 1 aromatic carbocycles. The van der Waals surface area contributed by atoms with Crippen LogP contribution in [0.3, 0.4) is 0 Å². The number of benzene rings is 1. The summed E-state index contributed by atoms with van der Waals surface area (Å²) in [5, 5.41) is 24.9. The van der Waals surface area contributed by atoms with Crippen LogP contribution in [0.25, 0.3) is 21.6 Å². The quantitative estimate of drug-likeness (QED) is 0.443. The molecule has 1 aliphatic carbocycles. The summed E-state index contributed by atoms with van der Waals surface area (Å²) >= 11 is 1.74. The van der Waals surface area contributed by atoms with Crippen LogP contribution in [0.2, 0.25) is 0 Å². The highest BCUT2D eigenvalue weighted by molar-refractivity contribution is 7.19. The number of phenols is 1. The van der Waals surface area contributed by atoms with E-state index < -0.39 is 6.10 Å². The van der Waals surface area contributed by atoms with Crippen molar-refractivity contribution in [1.29, 1.82) is 0 Å². The Labute approximate surface area is 178 Å². The van der Waals surface area contributed by atoms with Gasteiger partial charge in [-0.15, -0.1) is 11.3 Å². The summed E-state index contributed by atoms with van der Waals surface area (Å²) in [6, 6.07) is 10.2. The number of nitrogens with one attached hydrogen (secondary N) is 1. The van der Waals surface area contributed by atoms with Crippen molar-refractivity contribution >= 4 is 27.4 Å². The van der Waals surface area contributed by atoms with Gasteiger partial charge >= 0.3 is 0 Å². The van der Waals surface area contributed by atoms with Crippen molar-refractivity contribution in [3.8, 4) is 17.1 Å². The highest BCUT2D eigenvalue weighted by atomic mass is 32.1. The Morgan fingerprint density at radius 1 is 1.10 bits per heavy atom. The lowest BCUT2D eigenvalue weighted by molar-refractivity contribution is 0.160. The lowest BCUT2D eigenvalue weighted by Crippen LogP contribution is -2.25. The first-order valence-electron chi connectivity index (χ1n) is 10.1. The molecule has 0 saturated heterocycles. The Morgan fingerprint density at radius 2 is 1.93 bits per heavy atom. The third kappa shape index (κ3) is 3.40. The molecule has 0 bridgehead atoms. The van der Waals surface area contributed by atoms with E-state index in [1.165, 1.54) is 10.4 Å². The van der Waals surface area contributed by atoms with Gasteiger partial charge in [-0.05, 0) is 61.6 Å². The van der Waals surface area contributed by atoms with E-state index in [-0.39, 0.29) is 11.8 Å². The molecule has 3 heterocycles. The van der Waals surface area contributed by atoms with Gasteiger partial charge in [0.2, 0.25) is 0 Å². The number of aryl methyl sites for hydroxylation is 2. The van der Waals surface area contributed by atoms with Crippen LogP contribution < -0.4 is 5.32 Å². The number of aliphatic hydroxyl groups is 1. The molecule has 0 spiro atoms. The summed E-state index contributed by atoms with van der Waals surface area (Å²) in [5.41, 5.74) is 2.94. The Bertz CT molecular complexity index is 1190. The van der Waals surface area contributed by atoms with E-state index in [0.717, 1.165) is 46.4 Å². The van der Waals surface area contributed by atoms with Crippen molar-refractivity contribution in [2.75, 3.05) is 5.32 Å². The first-order valence-corrected chi connectivity index (χ1v) is 10.9. The summed E-state index contributed by atoms with van der Waals surface area (Å²) in [6.45, 7) is 1.93. The molecule has 1 aliphatic rings.